The molecule has 1 aromatic rings. The zero-order valence-corrected chi connectivity index (χ0v) is 10.5. The first-order chi connectivity index (χ1) is 7.19. The van der Waals surface area contributed by atoms with Crippen LogP contribution in [-0.4, -0.2) is 6.54 Å². The molecule has 0 saturated heterocycles. The Morgan fingerprint density at radius 3 is 2.47 bits per heavy atom. The average molecular weight is 205 g/mol. The quantitative estimate of drug-likeness (QED) is 0.714. The summed E-state index contributed by atoms with van der Waals surface area (Å²) < 4.78 is 0. The first kappa shape index (κ1) is 12.1. The molecule has 0 fully saturated rings. The van der Waals surface area contributed by atoms with Gasteiger partial charge in [-0.3, -0.25) is 0 Å². The second-order valence-electron chi connectivity index (χ2n) is 4.24. The van der Waals surface area contributed by atoms with Gasteiger partial charge in [-0.05, 0) is 49.4 Å². The number of benzene rings is 1. The Hall–Kier alpha value is -0.980. The van der Waals surface area contributed by atoms with Crippen LogP contribution in [0.4, 0.5) is 5.69 Å². The maximum Gasteiger partial charge on any atom is 0.0377 e. The maximum atomic E-state index is 3.55. The maximum absolute atomic E-state index is 3.55. The minimum atomic E-state index is 1.09. The number of anilines is 1. The van der Waals surface area contributed by atoms with Crippen molar-refractivity contribution in [1.29, 1.82) is 0 Å². The van der Waals surface area contributed by atoms with Gasteiger partial charge in [0.05, 0.1) is 0 Å². The first-order valence-electron chi connectivity index (χ1n) is 6.03. The highest BCUT2D eigenvalue weighted by Crippen LogP contribution is 2.22. The summed E-state index contributed by atoms with van der Waals surface area (Å²) in [5.41, 5.74) is 5.57. The highest BCUT2D eigenvalue weighted by molar-refractivity contribution is 5.56. The molecule has 1 N–H and O–H groups in total. The van der Waals surface area contributed by atoms with Crippen molar-refractivity contribution in [2.75, 3.05) is 11.9 Å². The molecule has 1 nitrogen and oxygen atoms in total. The molecule has 0 atom stereocenters. The van der Waals surface area contributed by atoms with Gasteiger partial charge in [0, 0.05) is 12.2 Å². The van der Waals surface area contributed by atoms with E-state index >= 15 is 0 Å². The van der Waals surface area contributed by atoms with Crippen molar-refractivity contribution in [3.05, 3.63) is 28.8 Å². The van der Waals surface area contributed by atoms with E-state index in [0.29, 0.717) is 0 Å². The zero-order valence-electron chi connectivity index (χ0n) is 10.5. The average Bonchev–Trinajstić information content (AvgIpc) is 2.17. The SMILES string of the molecule is CCCCNc1cc(C)cc(C)c1CC. The molecule has 15 heavy (non-hydrogen) atoms. The lowest BCUT2D eigenvalue weighted by molar-refractivity contribution is 0.832. The summed E-state index contributed by atoms with van der Waals surface area (Å²) in [4.78, 5) is 0. The smallest absolute Gasteiger partial charge is 0.0377 e. The molecule has 0 heterocycles. The van der Waals surface area contributed by atoms with Gasteiger partial charge in [0.2, 0.25) is 0 Å². The highest BCUT2D eigenvalue weighted by Gasteiger charge is 2.04. The van der Waals surface area contributed by atoms with Crippen LogP contribution in [0, 0.1) is 13.8 Å². The molecule has 0 aromatic heterocycles. The monoisotopic (exact) mass is 205 g/mol. The minimum absolute atomic E-state index is 1.09. The van der Waals surface area contributed by atoms with Crippen LogP contribution in [0.3, 0.4) is 0 Å². The summed E-state index contributed by atoms with van der Waals surface area (Å²) in [6, 6.07) is 4.53. The standard InChI is InChI=1S/C14H23N/c1-5-7-8-15-14-10-11(3)9-12(4)13(14)6-2/h9-10,15H,5-8H2,1-4H3. The highest BCUT2D eigenvalue weighted by atomic mass is 14.9. The van der Waals surface area contributed by atoms with E-state index in [0.717, 1.165) is 13.0 Å². The van der Waals surface area contributed by atoms with E-state index in [9.17, 15) is 0 Å². The Kier molecular flexibility index (Phi) is 4.67. The first-order valence-corrected chi connectivity index (χ1v) is 6.03. The van der Waals surface area contributed by atoms with Gasteiger partial charge in [0.25, 0.3) is 0 Å². The summed E-state index contributed by atoms with van der Waals surface area (Å²) in [6.07, 6.45) is 3.61. The van der Waals surface area contributed by atoms with E-state index < -0.39 is 0 Å². The van der Waals surface area contributed by atoms with Crippen molar-refractivity contribution in [1.82, 2.24) is 0 Å². The zero-order chi connectivity index (χ0) is 11.3. The molecule has 84 valence electrons. The number of hydrogen-bond donors (Lipinski definition) is 1. The molecule has 1 rings (SSSR count). The largest absolute Gasteiger partial charge is 0.385 e. The van der Waals surface area contributed by atoms with Crippen molar-refractivity contribution in [2.24, 2.45) is 0 Å². The van der Waals surface area contributed by atoms with E-state index in [1.54, 1.807) is 0 Å². The molecule has 0 bridgehead atoms. The van der Waals surface area contributed by atoms with Gasteiger partial charge in [0.15, 0.2) is 0 Å². The molecule has 1 aromatic carbocycles. The predicted octanol–water partition coefficient (Wildman–Crippen LogP) is 4.08. The number of unbranched alkanes of at least 4 members (excludes halogenated alkanes) is 1. The number of aryl methyl sites for hydroxylation is 2. The van der Waals surface area contributed by atoms with Gasteiger partial charge in [0.1, 0.15) is 0 Å². The van der Waals surface area contributed by atoms with E-state index in [-0.39, 0.29) is 0 Å². The van der Waals surface area contributed by atoms with Crippen molar-refractivity contribution in [2.45, 2.75) is 47.0 Å². The molecule has 0 amide bonds. The fourth-order valence-corrected chi connectivity index (χ4v) is 2.02. The van der Waals surface area contributed by atoms with E-state index in [2.05, 4.69) is 45.1 Å². The van der Waals surface area contributed by atoms with Crippen molar-refractivity contribution < 1.29 is 0 Å². The lowest BCUT2D eigenvalue weighted by Gasteiger charge is -2.14. The third-order valence-corrected chi connectivity index (χ3v) is 2.82. The lowest BCUT2D eigenvalue weighted by Crippen LogP contribution is -2.05. The summed E-state index contributed by atoms with van der Waals surface area (Å²) >= 11 is 0. The molecule has 0 aliphatic heterocycles. The Bertz CT molecular complexity index is 315. The Morgan fingerprint density at radius 1 is 1.13 bits per heavy atom. The Balaban J connectivity index is 2.84. The van der Waals surface area contributed by atoms with Crippen LogP contribution in [0.15, 0.2) is 12.1 Å². The molecule has 0 saturated carbocycles. The topological polar surface area (TPSA) is 12.0 Å². The normalized spacial score (nSPS) is 10.4. The van der Waals surface area contributed by atoms with Gasteiger partial charge in [-0.15, -0.1) is 0 Å². The van der Waals surface area contributed by atoms with E-state index in [4.69, 9.17) is 0 Å². The van der Waals surface area contributed by atoms with Crippen LogP contribution in [0.25, 0.3) is 0 Å². The van der Waals surface area contributed by atoms with Crippen molar-refractivity contribution in [3.8, 4) is 0 Å². The Labute approximate surface area is 93.9 Å². The number of hydrogen-bond acceptors (Lipinski definition) is 1. The van der Waals surface area contributed by atoms with Crippen LogP contribution in [-0.2, 0) is 6.42 Å². The molecule has 0 aliphatic carbocycles. The van der Waals surface area contributed by atoms with E-state index in [1.807, 2.05) is 0 Å². The number of rotatable bonds is 5. The fourth-order valence-electron chi connectivity index (χ4n) is 2.02. The summed E-state index contributed by atoms with van der Waals surface area (Å²) in [6.45, 7) is 9.91. The van der Waals surface area contributed by atoms with Gasteiger partial charge >= 0.3 is 0 Å². The summed E-state index contributed by atoms with van der Waals surface area (Å²) in [5, 5.41) is 3.55. The van der Waals surface area contributed by atoms with Gasteiger partial charge in [-0.25, -0.2) is 0 Å². The summed E-state index contributed by atoms with van der Waals surface area (Å²) in [7, 11) is 0. The van der Waals surface area contributed by atoms with Crippen LogP contribution in [0.5, 0.6) is 0 Å². The predicted molar refractivity (Wildman–Crippen MR) is 68.7 cm³/mol. The molecule has 0 aliphatic rings. The van der Waals surface area contributed by atoms with Crippen LogP contribution < -0.4 is 5.32 Å². The molecule has 1 heteroatoms. The number of nitrogens with one attached hydrogen (secondary N) is 1. The third kappa shape index (κ3) is 3.26. The van der Waals surface area contributed by atoms with Crippen LogP contribution >= 0.6 is 0 Å². The third-order valence-electron chi connectivity index (χ3n) is 2.82. The van der Waals surface area contributed by atoms with E-state index in [1.165, 1.54) is 35.2 Å². The Morgan fingerprint density at radius 2 is 1.87 bits per heavy atom. The second-order valence-corrected chi connectivity index (χ2v) is 4.24. The van der Waals surface area contributed by atoms with Gasteiger partial charge in [-0.2, -0.15) is 0 Å². The minimum Gasteiger partial charge on any atom is -0.385 e. The van der Waals surface area contributed by atoms with Crippen molar-refractivity contribution >= 4 is 5.69 Å². The molecule has 0 unspecified atom stereocenters. The molecular formula is C14H23N. The van der Waals surface area contributed by atoms with Gasteiger partial charge < -0.3 is 5.32 Å². The van der Waals surface area contributed by atoms with Gasteiger partial charge in [-0.1, -0.05) is 26.3 Å². The molecular weight excluding hydrogens is 182 g/mol. The summed E-state index contributed by atoms with van der Waals surface area (Å²) in [5.74, 6) is 0. The fraction of sp³-hybridized carbons (Fsp3) is 0.571. The second kappa shape index (κ2) is 5.79. The molecule has 0 radical (unpaired) electrons. The van der Waals surface area contributed by atoms with Crippen molar-refractivity contribution in [3.63, 3.8) is 0 Å². The van der Waals surface area contributed by atoms with Crippen LogP contribution in [0.1, 0.15) is 43.4 Å². The molecule has 0 spiro atoms. The van der Waals surface area contributed by atoms with Crippen LogP contribution in [0.2, 0.25) is 0 Å². The lowest BCUT2D eigenvalue weighted by atomic mass is 10.0.